The van der Waals surface area contributed by atoms with Gasteiger partial charge in [-0.2, -0.15) is 0 Å². The van der Waals surface area contributed by atoms with Gasteiger partial charge in [0.2, 0.25) is 5.91 Å². The maximum atomic E-state index is 13.3. The van der Waals surface area contributed by atoms with Crippen LogP contribution in [0.5, 0.6) is 5.75 Å². The van der Waals surface area contributed by atoms with Gasteiger partial charge in [0.15, 0.2) is 0 Å². The van der Waals surface area contributed by atoms with E-state index in [4.69, 9.17) is 9.47 Å². The fourth-order valence-corrected chi connectivity index (χ4v) is 5.28. The first kappa shape index (κ1) is 24.7. The Labute approximate surface area is 205 Å². The standard InChI is InChI=1S/C29H40N2O3/c1-5-31(29(32)24-8-6-7-9-24)28-20-25(18-21(2)23(28)4)27-11-10-26(19-22(27)3)34-17-14-30-12-15-33-16-13-30/h10-11,18-20,24H,5-9,12-17H2,1-4H3. The Balaban J connectivity index is 1.51. The molecule has 34 heavy (non-hydrogen) atoms. The molecule has 0 spiro atoms. The molecule has 2 aromatic carbocycles. The summed E-state index contributed by atoms with van der Waals surface area (Å²) in [6.45, 7) is 14.4. The summed E-state index contributed by atoms with van der Waals surface area (Å²) in [6.07, 6.45) is 4.40. The molecule has 1 aliphatic carbocycles. The van der Waals surface area contributed by atoms with E-state index in [1.165, 1.54) is 35.1 Å². The molecular weight excluding hydrogens is 424 g/mol. The first-order valence-electron chi connectivity index (χ1n) is 12.9. The van der Waals surface area contributed by atoms with Gasteiger partial charge in [0.25, 0.3) is 0 Å². The number of carbonyl (C=O) groups excluding carboxylic acids is 1. The SMILES string of the molecule is CCN(C(=O)C1CCCC1)c1cc(-c2ccc(OCCN3CCOCC3)cc2C)cc(C)c1C. The minimum absolute atomic E-state index is 0.180. The van der Waals surface area contributed by atoms with E-state index in [1.807, 2.05) is 4.90 Å². The Hall–Kier alpha value is -2.37. The summed E-state index contributed by atoms with van der Waals surface area (Å²) >= 11 is 0. The summed E-state index contributed by atoms with van der Waals surface area (Å²) in [4.78, 5) is 17.7. The normalized spacial score (nSPS) is 17.2. The molecule has 0 aromatic heterocycles. The number of benzene rings is 2. The van der Waals surface area contributed by atoms with Gasteiger partial charge in [-0.3, -0.25) is 9.69 Å². The summed E-state index contributed by atoms with van der Waals surface area (Å²) in [7, 11) is 0. The highest BCUT2D eigenvalue weighted by Crippen LogP contribution is 2.35. The highest BCUT2D eigenvalue weighted by Gasteiger charge is 2.28. The average Bonchev–Trinajstić information content (AvgIpc) is 3.38. The van der Waals surface area contributed by atoms with Gasteiger partial charge in [-0.1, -0.05) is 25.0 Å². The highest BCUT2D eigenvalue weighted by molar-refractivity contribution is 5.97. The molecule has 5 nitrogen and oxygen atoms in total. The second kappa shape index (κ2) is 11.4. The van der Waals surface area contributed by atoms with Gasteiger partial charge in [-0.25, -0.2) is 0 Å². The van der Waals surface area contributed by atoms with Crippen LogP contribution in [0.2, 0.25) is 0 Å². The number of hydrogen-bond donors (Lipinski definition) is 0. The molecule has 1 saturated carbocycles. The molecule has 2 fully saturated rings. The minimum atomic E-state index is 0.180. The number of morpholine rings is 1. The van der Waals surface area contributed by atoms with Gasteiger partial charge in [0, 0.05) is 37.8 Å². The number of anilines is 1. The molecule has 2 aromatic rings. The molecular formula is C29H40N2O3. The number of rotatable bonds is 8. The average molecular weight is 465 g/mol. The Bertz CT molecular complexity index is 991. The first-order valence-corrected chi connectivity index (χ1v) is 12.9. The summed E-state index contributed by atoms with van der Waals surface area (Å²) < 4.78 is 11.5. The quantitative estimate of drug-likeness (QED) is 0.515. The predicted octanol–water partition coefficient (Wildman–Crippen LogP) is 5.53. The van der Waals surface area contributed by atoms with E-state index in [0.717, 1.165) is 62.7 Å². The van der Waals surface area contributed by atoms with Crippen molar-refractivity contribution >= 4 is 11.6 Å². The van der Waals surface area contributed by atoms with E-state index in [1.54, 1.807) is 0 Å². The molecule has 0 N–H and O–H groups in total. The zero-order valence-electron chi connectivity index (χ0n) is 21.4. The fourth-order valence-electron chi connectivity index (χ4n) is 5.28. The molecule has 5 heteroatoms. The smallest absolute Gasteiger partial charge is 0.230 e. The lowest BCUT2D eigenvalue weighted by molar-refractivity contribution is -0.122. The Morgan fingerprint density at radius 1 is 1.06 bits per heavy atom. The number of hydrogen-bond acceptors (Lipinski definition) is 4. The monoisotopic (exact) mass is 464 g/mol. The van der Waals surface area contributed by atoms with Crippen molar-refractivity contribution in [2.75, 3.05) is 50.9 Å². The molecule has 0 bridgehead atoms. The van der Waals surface area contributed by atoms with Crippen molar-refractivity contribution in [1.82, 2.24) is 4.90 Å². The number of aryl methyl sites for hydroxylation is 2. The largest absolute Gasteiger partial charge is 0.492 e. The maximum absolute atomic E-state index is 13.3. The van der Waals surface area contributed by atoms with Crippen molar-refractivity contribution in [3.8, 4) is 16.9 Å². The number of carbonyl (C=O) groups is 1. The van der Waals surface area contributed by atoms with Crippen molar-refractivity contribution in [2.45, 2.75) is 53.4 Å². The van der Waals surface area contributed by atoms with Crippen LogP contribution in [-0.2, 0) is 9.53 Å². The van der Waals surface area contributed by atoms with Gasteiger partial charge < -0.3 is 14.4 Å². The van der Waals surface area contributed by atoms with E-state index in [-0.39, 0.29) is 5.92 Å². The van der Waals surface area contributed by atoms with Crippen LogP contribution in [-0.4, -0.2) is 56.8 Å². The number of ether oxygens (including phenoxy) is 2. The Kier molecular flexibility index (Phi) is 8.28. The molecule has 4 rings (SSSR count). The molecule has 1 heterocycles. The Morgan fingerprint density at radius 2 is 1.79 bits per heavy atom. The maximum Gasteiger partial charge on any atom is 0.230 e. The van der Waals surface area contributed by atoms with Gasteiger partial charge in [-0.15, -0.1) is 0 Å². The third kappa shape index (κ3) is 5.64. The van der Waals surface area contributed by atoms with Gasteiger partial charge in [0.1, 0.15) is 12.4 Å². The number of nitrogens with zero attached hydrogens (tertiary/aromatic N) is 2. The van der Waals surface area contributed by atoms with E-state index >= 15 is 0 Å². The third-order valence-electron chi connectivity index (χ3n) is 7.51. The van der Waals surface area contributed by atoms with E-state index in [2.05, 4.69) is 62.9 Å². The zero-order chi connectivity index (χ0) is 24.1. The van der Waals surface area contributed by atoms with Gasteiger partial charge in [-0.05, 0) is 86.6 Å². The number of amides is 1. The summed E-state index contributed by atoms with van der Waals surface area (Å²) in [5.41, 5.74) is 7.00. The van der Waals surface area contributed by atoms with E-state index in [0.29, 0.717) is 19.1 Å². The lowest BCUT2D eigenvalue weighted by Crippen LogP contribution is -2.38. The van der Waals surface area contributed by atoms with Crippen LogP contribution in [0.3, 0.4) is 0 Å². The molecule has 1 aliphatic heterocycles. The van der Waals surface area contributed by atoms with Crippen LogP contribution in [0.1, 0.15) is 49.3 Å². The van der Waals surface area contributed by atoms with E-state index in [9.17, 15) is 4.79 Å². The molecule has 0 unspecified atom stereocenters. The summed E-state index contributed by atoms with van der Waals surface area (Å²) in [5, 5.41) is 0. The first-order chi connectivity index (χ1) is 16.5. The molecule has 2 aliphatic rings. The minimum Gasteiger partial charge on any atom is -0.492 e. The van der Waals surface area contributed by atoms with Crippen LogP contribution < -0.4 is 9.64 Å². The Morgan fingerprint density at radius 3 is 2.47 bits per heavy atom. The summed E-state index contributed by atoms with van der Waals surface area (Å²) in [6, 6.07) is 10.8. The molecule has 0 atom stereocenters. The van der Waals surface area contributed by atoms with Crippen molar-refractivity contribution in [1.29, 1.82) is 0 Å². The molecule has 0 radical (unpaired) electrons. The topological polar surface area (TPSA) is 42.0 Å². The van der Waals surface area contributed by atoms with Gasteiger partial charge >= 0.3 is 0 Å². The lowest BCUT2D eigenvalue weighted by atomic mass is 9.94. The van der Waals surface area contributed by atoms with Gasteiger partial charge in [0.05, 0.1) is 13.2 Å². The van der Waals surface area contributed by atoms with Crippen LogP contribution in [0, 0.1) is 26.7 Å². The third-order valence-corrected chi connectivity index (χ3v) is 7.51. The summed E-state index contributed by atoms with van der Waals surface area (Å²) in [5.74, 6) is 1.38. The van der Waals surface area contributed by atoms with Crippen LogP contribution >= 0.6 is 0 Å². The van der Waals surface area contributed by atoms with Crippen molar-refractivity contribution in [2.24, 2.45) is 5.92 Å². The fraction of sp³-hybridized carbons (Fsp3) is 0.552. The van der Waals surface area contributed by atoms with Crippen LogP contribution in [0.25, 0.3) is 11.1 Å². The second-order valence-electron chi connectivity index (χ2n) is 9.78. The predicted molar refractivity (Wildman–Crippen MR) is 139 cm³/mol. The zero-order valence-corrected chi connectivity index (χ0v) is 21.4. The molecule has 1 saturated heterocycles. The van der Waals surface area contributed by atoms with Crippen molar-refractivity contribution in [3.05, 3.63) is 47.0 Å². The van der Waals surface area contributed by atoms with Crippen molar-refractivity contribution in [3.63, 3.8) is 0 Å². The van der Waals surface area contributed by atoms with E-state index < -0.39 is 0 Å². The van der Waals surface area contributed by atoms with Crippen LogP contribution in [0.4, 0.5) is 5.69 Å². The molecule has 1 amide bonds. The molecule has 184 valence electrons. The van der Waals surface area contributed by atoms with Crippen molar-refractivity contribution < 1.29 is 14.3 Å². The van der Waals surface area contributed by atoms with Crippen LogP contribution in [0.15, 0.2) is 30.3 Å². The highest BCUT2D eigenvalue weighted by atomic mass is 16.5. The lowest BCUT2D eigenvalue weighted by Gasteiger charge is -2.27. The second-order valence-corrected chi connectivity index (χ2v) is 9.78.